The molecule has 13 heteroatoms. The summed E-state index contributed by atoms with van der Waals surface area (Å²) >= 11 is 0. The Morgan fingerprint density at radius 1 is 0.615 bits per heavy atom. The first kappa shape index (κ1) is 30.0. The molecule has 0 aromatic carbocycles. The first-order valence-corrected chi connectivity index (χ1v) is 4.00. The van der Waals surface area contributed by atoms with Gasteiger partial charge in [-0.1, -0.05) is 0 Å². The van der Waals surface area contributed by atoms with Gasteiger partial charge in [-0.15, -0.1) is 0 Å². The molecule has 0 radical (unpaired) electrons. The summed E-state index contributed by atoms with van der Waals surface area (Å²) in [6, 6.07) is 0. The molecule has 0 amide bonds. The van der Waals surface area contributed by atoms with Crippen LogP contribution < -0.4 is 103 Å². The zero-order valence-electron chi connectivity index (χ0n) is 6.79. The van der Waals surface area contributed by atoms with Crippen LogP contribution in [0.1, 0.15) is 0 Å². The van der Waals surface area contributed by atoms with Gasteiger partial charge in [0.2, 0.25) is 0 Å². The fraction of sp³-hybridized carbons (Fsp3) is 0. The fourth-order valence-electron chi connectivity index (χ4n) is 0. The maximum absolute atomic E-state index is 8.52. The molecule has 64 valence electrons. The van der Waals surface area contributed by atoms with E-state index in [9.17, 15) is 0 Å². The van der Waals surface area contributed by atoms with Crippen LogP contribution in [0.3, 0.4) is 0 Å². The van der Waals surface area contributed by atoms with E-state index in [4.69, 9.17) is 35.0 Å². The Bertz CT molecular complexity index is 217. The summed E-state index contributed by atoms with van der Waals surface area (Å²) < 4.78 is 68.2. The van der Waals surface area contributed by atoms with Gasteiger partial charge in [0.25, 0.3) is 0 Å². The second-order valence-corrected chi connectivity index (χ2v) is 2.45. The van der Waals surface area contributed by atoms with E-state index < -0.39 is 20.8 Å². The molecule has 8 nitrogen and oxygen atoms in total. The fourth-order valence-corrected chi connectivity index (χ4v) is 0. The molecule has 0 aromatic rings. The normalized spacial score (nSPS) is 8.92. The van der Waals surface area contributed by atoms with Crippen LogP contribution >= 0.6 is 0 Å². The maximum Gasteiger partial charge on any atom is 2.00 e. The molecule has 0 aliphatic rings. The minimum absolute atomic E-state index is 0. The van der Waals surface area contributed by atoms with Gasteiger partial charge in [0.05, 0.1) is 0 Å². The minimum atomic E-state index is -5.17. The number of hydrogen-bond donors (Lipinski definition) is 0. The summed E-state index contributed by atoms with van der Waals surface area (Å²) in [7, 11) is -10.3. The van der Waals surface area contributed by atoms with E-state index in [1.54, 1.807) is 0 Å². The van der Waals surface area contributed by atoms with Crippen molar-refractivity contribution in [1.29, 1.82) is 0 Å². The third-order valence-corrected chi connectivity index (χ3v) is 0. The quantitative estimate of drug-likeness (QED) is 0.239. The smallest absolute Gasteiger partial charge is 0.759 e. The van der Waals surface area contributed by atoms with Gasteiger partial charge in [-0.25, -0.2) is 0 Å². The average molecular weight is 336 g/mol. The van der Waals surface area contributed by atoms with Gasteiger partial charge in [0.15, 0.2) is 0 Å². The molecule has 0 N–H and O–H groups in total. The van der Waals surface area contributed by atoms with Gasteiger partial charge in [-0.3, -0.25) is 16.8 Å². The average Bonchev–Trinajstić information content (AvgIpc) is 1.12. The summed E-state index contributed by atoms with van der Waals surface area (Å²) in [5.41, 5.74) is 0. The topological polar surface area (TPSA) is 161 Å². The van der Waals surface area contributed by atoms with Gasteiger partial charge in [0.1, 0.15) is 0 Å². The molecule has 0 saturated heterocycles. The molecule has 13 heavy (non-hydrogen) atoms. The molecule has 0 fully saturated rings. The third-order valence-electron chi connectivity index (χ3n) is 0. The van der Waals surface area contributed by atoms with Gasteiger partial charge in [-0.2, -0.15) is 0 Å². The van der Waals surface area contributed by atoms with E-state index in [0.717, 1.165) is 0 Å². The van der Waals surface area contributed by atoms with Crippen molar-refractivity contribution < 1.29 is 157 Å². The van der Waals surface area contributed by atoms with Crippen molar-refractivity contribution in [2.45, 2.75) is 0 Å². The van der Waals surface area contributed by atoms with Crippen molar-refractivity contribution in [2.24, 2.45) is 0 Å². The SMILES string of the molecule is O=S(=O)([O-])[O-].O=S(=O)([O-])[O-].[K+].[K+].[Zn+2]. The number of rotatable bonds is 0. The van der Waals surface area contributed by atoms with Crippen LogP contribution in [0, 0.1) is 0 Å². The van der Waals surface area contributed by atoms with E-state index in [1.165, 1.54) is 0 Å². The van der Waals surface area contributed by atoms with Crippen molar-refractivity contribution in [3.8, 4) is 0 Å². The van der Waals surface area contributed by atoms with Crippen LogP contribution in [0.15, 0.2) is 0 Å². The van der Waals surface area contributed by atoms with Crippen LogP contribution in [0.4, 0.5) is 0 Å². The largest absolute Gasteiger partial charge is 2.00 e. The summed E-state index contributed by atoms with van der Waals surface area (Å²) in [6.45, 7) is 0. The molecule has 0 aliphatic heterocycles. The Hall–Kier alpha value is 3.64. The van der Waals surface area contributed by atoms with Crippen molar-refractivity contribution >= 4 is 20.8 Å². The van der Waals surface area contributed by atoms with Crippen molar-refractivity contribution in [3.63, 3.8) is 0 Å². The molecule has 0 rings (SSSR count). The molecule has 0 aromatic heterocycles. The Labute approximate surface area is 173 Å². The first-order valence-electron chi connectivity index (χ1n) is 1.33. The Balaban J connectivity index is -0.0000000267. The Kier molecular flexibility index (Phi) is 31.7. The van der Waals surface area contributed by atoms with Crippen LogP contribution in [0.25, 0.3) is 0 Å². The Morgan fingerprint density at radius 2 is 0.615 bits per heavy atom. The van der Waals surface area contributed by atoms with E-state index in [2.05, 4.69) is 0 Å². The summed E-state index contributed by atoms with van der Waals surface area (Å²) in [6.07, 6.45) is 0. The van der Waals surface area contributed by atoms with Crippen molar-refractivity contribution in [3.05, 3.63) is 0 Å². The minimum Gasteiger partial charge on any atom is -0.759 e. The van der Waals surface area contributed by atoms with E-state index in [1.807, 2.05) is 0 Å². The zero-order valence-corrected chi connectivity index (χ0v) is 17.6. The first-order chi connectivity index (χ1) is 4.00. The van der Waals surface area contributed by atoms with Crippen molar-refractivity contribution in [1.82, 2.24) is 0 Å². The van der Waals surface area contributed by atoms with Gasteiger partial charge < -0.3 is 18.2 Å². The molecule has 0 heterocycles. The van der Waals surface area contributed by atoms with E-state index in [0.29, 0.717) is 0 Å². The summed E-state index contributed by atoms with van der Waals surface area (Å²) in [5.74, 6) is 0. The molecule has 0 aliphatic carbocycles. The van der Waals surface area contributed by atoms with Crippen LogP contribution in [-0.4, -0.2) is 35.0 Å². The molecule has 0 unspecified atom stereocenters. The molecular weight excluding hydrogens is 336 g/mol. The predicted octanol–water partition coefficient (Wildman–Crippen LogP) is -8.67. The second-order valence-electron chi connectivity index (χ2n) is 0.816. The van der Waals surface area contributed by atoms with E-state index in [-0.39, 0.29) is 122 Å². The molecule has 0 saturated carbocycles. The van der Waals surface area contributed by atoms with Gasteiger partial charge in [0, 0.05) is 20.8 Å². The second kappa shape index (κ2) is 13.7. The van der Waals surface area contributed by atoms with Crippen molar-refractivity contribution in [2.75, 3.05) is 0 Å². The molecular formula is K2O8S2Zn. The van der Waals surface area contributed by atoms with Gasteiger partial charge in [-0.05, 0) is 0 Å². The number of hydrogen-bond acceptors (Lipinski definition) is 8. The Morgan fingerprint density at radius 3 is 0.615 bits per heavy atom. The standard InChI is InChI=1S/2K.2H2O4S.Zn/c;;2*1-5(2,3)4;/h;;2*(H2,1,2,3,4);/q2*+1;;;+2/p-4. The third kappa shape index (κ3) is 220. The van der Waals surface area contributed by atoms with Crippen LogP contribution in [-0.2, 0) is 40.3 Å². The monoisotopic (exact) mass is 334 g/mol. The van der Waals surface area contributed by atoms with E-state index >= 15 is 0 Å². The zero-order chi connectivity index (χ0) is 9.00. The predicted molar refractivity (Wildman–Crippen MR) is 20.9 cm³/mol. The maximum atomic E-state index is 8.52. The summed E-state index contributed by atoms with van der Waals surface area (Å²) in [5, 5.41) is 0. The molecule has 0 atom stereocenters. The molecule has 0 spiro atoms. The van der Waals surface area contributed by atoms with Crippen LogP contribution in [0.5, 0.6) is 0 Å². The summed E-state index contributed by atoms with van der Waals surface area (Å²) in [4.78, 5) is 0. The van der Waals surface area contributed by atoms with Gasteiger partial charge >= 0.3 is 122 Å². The molecule has 0 bridgehead atoms. The van der Waals surface area contributed by atoms with Crippen LogP contribution in [0.2, 0.25) is 0 Å².